The van der Waals surface area contributed by atoms with Gasteiger partial charge in [-0.3, -0.25) is 19.3 Å². The van der Waals surface area contributed by atoms with Crippen LogP contribution >= 0.6 is 0 Å². The van der Waals surface area contributed by atoms with Crippen LogP contribution in [0.5, 0.6) is 11.5 Å². The van der Waals surface area contributed by atoms with Crippen molar-refractivity contribution in [2.24, 2.45) is 0 Å². The van der Waals surface area contributed by atoms with Crippen molar-refractivity contribution < 1.29 is 23.8 Å². The van der Waals surface area contributed by atoms with Crippen molar-refractivity contribution in [1.29, 1.82) is 0 Å². The molecule has 2 saturated heterocycles. The number of amides is 2. The van der Waals surface area contributed by atoms with Crippen LogP contribution in [0.4, 0.5) is 21.9 Å². The van der Waals surface area contributed by atoms with Crippen LogP contribution in [-0.4, -0.2) is 93.4 Å². The minimum absolute atomic E-state index is 0.0494. The minimum Gasteiger partial charge on any atom is -0.496 e. The van der Waals surface area contributed by atoms with Crippen LogP contribution in [0.15, 0.2) is 52.1 Å². The van der Waals surface area contributed by atoms with E-state index in [0.29, 0.717) is 86.8 Å². The van der Waals surface area contributed by atoms with Crippen molar-refractivity contribution in [3.05, 3.63) is 74.0 Å². The number of nitrogens with one attached hydrogen (secondary N) is 1. The van der Waals surface area contributed by atoms with E-state index in [2.05, 4.69) is 24.1 Å². The predicted octanol–water partition coefficient (Wildman–Crippen LogP) is 3.85. The first-order chi connectivity index (χ1) is 23.3. The molecular formula is C36H45N5O7. The SMILES string of the molecule is CCN(CC)CCNc1c(N2CCC(Oc3ccc(C(=O)N4CCC(N5C(=O)OCc6ccccc65)CC4)c(OC)c3)CC2)c(=O)c1=O. The van der Waals surface area contributed by atoms with Gasteiger partial charge in [-0.15, -0.1) is 0 Å². The van der Waals surface area contributed by atoms with Crippen molar-refractivity contribution in [3.8, 4) is 11.5 Å². The monoisotopic (exact) mass is 659 g/mol. The highest BCUT2D eigenvalue weighted by atomic mass is 16.6. The Morgan fingerprint density at radius 1 is 0.958 bits per heavy atom. The molecule has 2 amide bonds. The number of para-hydroxylation sites is 1. The molecular weight excluding hydrogens is 614 g/mol. The number of carbonyl (C=O) groups is 2. The highest BCUT2D eigenvalue weighted by Crippen LogP contribution is 2.34. The van der Waals surface area contributed by atoms with Gasteiger partial charge in [0.05, 0.1) is 18.4 Å². The lowest BCUT2D eigenvalue weighted by molar-refractivity contribution is 0.0705. The lowest BCUT2D eigenvalue weighted by Gasteiger charge is -2.40. The molecule has 0 bridgehead atoms. The van der Waals surface area contributed by atoms with Gasteiger partial charge in [-0.05, 0) is 44.1 Å². The van der Waals surface area contributed by atoms with Gasteiger partial charge in [0.25, 0.3) is 16.8 Å². The molecule has 3 aromatic carbocycles. The molecule has 48 heavy (non-hydrogen) atoms. The Balaban J connectivity index is 1.02. The smallest absolute Gasteiger partial charge is 0.414 e. The Morgan fingerprint density at radius 3 is 2.40 bits per heavy atom. The van der Waals surface area contributed by atoms with Crippen molar-refractivity contribution in [2.45, 2.75) is 58.3 Å². The van der Waals surface area contributed by atoms with E-state index in [-0.39, 0.29) is 30.8 Å². The van der Waals surface area contributed by atoms with Crippen LogP contribution in [0.2, 0.25) is 0 Å². The molecule has 12 heteroatoms. The molecule has 0 aliphatic carbocycles. The molecule has 0 unspecified atom stereocenters. The van der Waals surface area contributed by atoms with E-state index in [9.17, 15) is 19.2 Å². The molecule has 0 aromatic heterocycles. The second-order valence-corrected chi connectivity index (χ2v) is 12.6. The van der Waals surface area contributed by atoms with Crippen molar-refractivity contribution in [2.75, 3.05) is 74.6 Å². The van der Waals surface area contributed by atoms with E-state index in [1.165, 1.54) is 0 Å². The topological polar surface area (TPSA) is 121 Å². The predicted molar refractivity (Wildman–Crippen MR) is 185 cm³/mol. The van der Waals surface area contributed by atoms with Gasteiger partial charge >= 0.3 is 6.09 Å². The summed E-state index contributed by atoms with van der Waals surface area (Å²) >= 11 is 0. The van der Waals surface area contributed by atoms with Crippen LogP contribution in [0.3, 0.4) is 0 Å². The maximum atomic E-state index is 13.6. The van der Waals surface area contributed by atoms with Gasteiger partial charge in [0.2, 0.25) is 0 Å². The van der Waals surface area contributed by atoms with E-state index in [4.69, 9.17) is 14.2 Å². The molecule has 3 heterocycles. The third-order valence-electron chi connectivity index (χ3n) is 9.89. The molecule has 3 aliphatic heterocycles. The average molecular weight is 660 g/mol. The Morgan fingerprint density at radius 2 is 1.69 bits per heavy atom. The zero-order valence-electron chi connectivity index (χ0n) is 28.0. The average Bonchev–Trinajstić information content (AvgIpc) is 3.13. The summed E-state index contributed by atoms with van der Waals surface area (Å²) in [5, 5.41) is 3.20. The molecule has 256 valence electrons. The summed E-state index contributed by atoms with van der Waals surface area (Å²) in [5.74, 6) is 0.923. The van der Waals surface area contributed by atoms with Crippen LogP contribution in [0, 0.1) is 0 Å². The van der Waals surface area contributed by atoms with E-state index in [1.54, 1.807) is 35.1 Å². The summed E-state index contributed by atoms with van der Waals surface area (Å²) in [7, 11) is 1.54. The van der Waals surface area contributed by atoms with Gasteiger partial charge in [0, 0.05) is 69.8 Å². The number of likely N-dealkylation sites (N-methyl/N-ethyl adjacent to an activating group) is 1. The summed E-state index contributed by atoms with van der Waals surface area (Å²) < 4.78 is 17.3. The number of benzene rings is 2. The zero-order valence-corrected chi connectivity index (χ0v) is 28.0. The number of hydrogen-bond donors (Lipinski definition) is 1. The number of likely N-dealkylation sites (tertiary alicyclic amines) is 1. The van der Waals surface area contributed by atoms with Gasteiger partial charge < -0.3 is 34.2 Å². The van der Waals surface area contributed by atoms with Crippen molar-refractivity contribution in [1.82, 2.24) is 9.80 Å². The molecule has 12 nitrogen and oxygen atoms in total. The van der Waals surface area contributed by atoms with Gasteiger partial charge in [0.15, 0.2) is 0 Å². The quantitative estimate of drug-likeness (QED) is 0.287. The summed E-state index contributed by atoms with van der Waals surface area (Å²) in [6.07, 6.45) is 2.23. The highest BCUT2D eigenvalue weighted by Gasteiger charge is 2.36. The Bertz CT molecular complexity index is 1680. The number of cyclic esters (lactones) is 1. The fourth-order valence-corrected chi connectivity index (χ4v) is 7.05. The first kappa shape index (κ1) is 33.3. The normalized spacial score (nSPS) is 17.4. The number of piperidine rings is 2. The Labute approximate surface area is 280 Å². The maximum absolute atomic E-state index is 13.6. The number of rotatable bonds is 12. The van der Waals surface area contributed by atoms with Crippen LogP contribution in [0.25, 0.3) is 0 Å². The molecule has 0 spiro atoms. The van der Waals surface area contributed by atoms with Crippen LogP contribution in [0.1, 0.15) is 55.5 Å². The Hall–Kier alpha value is -4.58. The lowest BCUT2D eigenvalue weighted by Crippen LogP contribution is -2.50. The largest absolute Gasteiger partial charge is 0.496 e. The zero-order chi connectivity index (χ0) is 33.8. The number of hydrogen-bond acceptors (Lipinski definition) is 10. The molecule has 0 radical (unpaired) electrons. The molecule has 3 aromatic rings. The number of ether oxygens (including phenoxy) is 3. The third kappa shape index (κ3) is 6.71. The fraction of sp³-hybridized carbons (Fsp3) is 0.500. The third-order valence-corrected chi connectivity index (χ3v) is 9.89. The molecule has 0 saturated carbocycles. The summed E-state index contributed by atoms with van der Waals surface area (Å²) in [6, 6.07) is 13.0. The first-order valence-electron chi connectivity index (χ1n) is 17.0. The van der Waals surface area contributed by atoms with E-state index >= 15 is 0 Å². The molecule has 1 N–H and O–H groups in total. The summed E-state index contributed by atoms with van der Waals surface area (Å²) in [4.78, 5) is 58.9. The van der Waals surface area contributed by atoms with Crippen molar-refractivity contribution in [3.63, 3.8) is 0 Å². The van der Waals surface area contributed by atoms with Crippen LogP contribution < -0.4 is 35.4 Å². The van der Waals surface area contributed by atoms with E-state index in [1.807, 2.05) is 29.2 Å². The van der Waals surface area contributed by atoms with E-state index < -0.39 is 10.9 Å². The molecule has 0 atom stereocenters. The standard InChI is InChI=1S/C36H45N5O7/c1-4-38(5-2)21-16-37-31-32(34(43)33(31)42)39-19-14-26(15-20-39)48-27-10-11-28(30(22-27)46-3)35(44)40-17-12-25(13-18-40)41-29-9-7-6-8-24(29)23-47-36(41)45/h6-11,22,25-26,37H,4-5,12-21,23H2,1-3H3. The lowest BCUT2D eigenvalue weighted by atomic mass is 10.00. The van der Waals surface area contributed by atoms with Crippen LogP contribution in [-0.2, 0) is 11.3 Å². The number of anilines is 3. The highest BCUT2D eigenvalue weighted by molar-refractivity contribution is 5.97. The number of carbonyl (C=O) groups excluding carboxylic acids is 2. The number of nitrogens with zero attached hydrogens (tertiary/aromatic N) is 4. The second kappa shape index (κ2) is 14.7. The Kier molecular flexibility index (Phi) is 10.2. The first-order valence-corrected chi connectivity index (χ1v) is 17.0. The summed E-state index contributed by atoms with van der Waals surface area (Å²) in [6.45, 7) is 9.98. The molecule has 6 rings (SSSR count). The van der Waals surface area contributed by atoms with Crippen molar-refractivity contribution >= 4 is 29.1 Å². The minimum atomic E-state index is -0.438. The fourth-order valence-electron chi connectivity index (χ4n) is 7.05. The number of fused-ring (bicyclic) bond motifs is 1. The van der Waals surface area contributed by atoms with E-state index in [0.717, 1.165) is 30.9 Å². The second-order valence-electron chi connectivity index (χ2n) is 12.6. The molecule has 2 fully saturated rings. The van der Waals surface area contributed by atoms with Gasteiger partial charge in [-0.25, -0.2) is 4.79 Å². The summed E-state index contributed by atoms with van der Waals surface area (Å²) in [5.41, 5.74) is 2.39. The maximum Gasteiger partial charge on any atom is 0.414 e. The number of methoxy groups -OCH3 is 1. The molecule has 3 aliphatic rings. The van der Waals surface area contributed by atoms with Gasteiger partial charge in [-0.1, -0.05) is 32.0 Å². The van der Waals surface area contributed by atoms with Gasteiger partial charge in [-0.2, -0.15) is 0 Å². The van der Waals surface area contributed by atoms with Gasteiger partial charge in [0.1, 0.15) is 35.6 Å².